The van der Waals surface area contributed by atoms with Crippen LogP contribution in [0.4, 0.5) is 5.13 Å². The van der Waals surface area contributed by atoms with E-state index in [1.54, 1.807) is 0 Å². The highest BCUT2D eigenvalue weighted by Crippen LogP contribution is 2.44. The van der Waals surface area contributed by atoms with E-state index in [1.165, 1.54) is 11.3 Å². The summed E-state index contributed by atoms with van der Waals surface area (Å²) in [6, 6.07) is 0. The van der Waals surface area contributed by atoms with Gasteiger partial charge in [-0.05, 0) is 45.4 Å². The molecule has 2 aliphatic carbocycles. The molecule has 0 aliphatic heterocycles. The zero-order valence-corrected chi connectivity index (χ0v) is 17.5. The number of ketones is 1. The Labute approximate surface area is 169 Å². The number of carbonyl (C=O) groups excluding carboxylic acids is 1. The van der Waals surface area contributed by atoms with E-state index in [4.69, 9.17) is 0 Å². The molecule has 0 bridgehead atoms. The molecule has 0 saturated heterocycles. The highest BCUT2D eigenvalue weighted by molar-refractivity contribution is 7.17. The summed E-state index contributed by atoms with van der Waals surface area (Å²) in [7, 11) is 0. The third-order valence-corrected chi connectivity index (χ3v) is 6.17. The fourth-order valence-electron chi connectivity index (χ4n) is 3.38. The van der Waals surface area contributed by atoms with Gasteiger partial charge in [0.15, 0.2) is 16.6 Å². The number of anilines is 1. The van der Waals surface area contributed by atoms with Crippen molar-refractivity contribution in [3.8, 4) is 5.88 Å². The standard InChI is InChI=1S/C21H25N3O3S/c1-5-23(6-2)14-11-9-13(10-12-14)15-17(25)16(18(15)26)19-20(27)22-21(28-19)24(7-3)8-4/h9-12H,5-8H2,1-4H3,(H,25,26). The van der Waals surface area contributed by atoms with E-state index < -0.39 is 0 Å². The van der Waals surface area contributed by atoms with Crippen molar-refractivity contribution in [3.05, 3.63) is 46.1 Å². The molecule has 0 fully saturated rings. The Hall–Kier alpha value is -2.67. The summed E-state index contributed by atoms with van der Waals surface area (Å²) in [5.74, 6) is -0.907. The fourth-order valence-corrected chi connectivity index (χ4v) is 4.51. The highest BCUT2D eigenvalue weighted by atomic mass is 32.1. The normalized spacial score (nSPS) is 16.1. The zero-order chi connectivity index (χ0) is 20.4. The quantitative estimate of drug-likeness (QED) is 0.586. The number of aromatic hydroxyl groups is 1. The Kier molecular flexibility index (Phi) is 5.84. The van der Waals surface area contributed by atoms with Crippen LogP contribution in [0.5, 0.6) is 5.88 Å². The number of rotatable bonds is 6. The van der Waals surface area contributed by atoms with Gasteiger partial charge in [0.25, 0.3) is 0 Å². The Balaban J connectivity index is 1.96. The van der Waals surface area contributed by atoms with Crippen molar-refractivity contribution in [2.24, 2.45) is 0 Å². The van der Waals surface area contributed by atoms with Crippen molar-refractivity contribution in [1.82, 2.24) is 4.98 Å². The summed E-state index contributed by atoms with van der Waals surface area (Å²) < 4.78 is 2.19. The molecule has 7 heteroatoms. The van der Waals surface area contributed by atoms with Gasteiger partial charge in [0.05, 0.1) is 0 Å². The molecule has 0 unspecified atom stereocenters. The minimum absolute atomic E-state index is 0.0382. The number of carbonyl (C=O) groups is 1. The van der Waals surface area contributed by atoms with Gasteiger partial charge in [-0.15, -0.1) is 0 Å². The van der Waals surface area contributed by atoms with Gasteiger partial charge in [0.1, 0.15) is 18.0 Å². The van der Waals surface area contributed by atoms with Crippen LogP contribution in [0, 0.1) is 0 Å². The zero-order valence-electron chi connectivity index (χ0n) is 16.7. The van der Waals surface area contributed by atoms with Crippen molar-refractivity contribution >= 4 is 33.5 Å². The molecule has 1 aromatic rings. The average Bonchev–Trinajstić information content (AvgIpc) is 3.06. The Bertz CT molecular complexity index is 936. The first-order valence-corrected chi connectivity index (χ1v) is 10.4. The maximum absolute atomic E-state index is 12.7. The van der Waals surface area contributed by atoms with Crippen LogP contribution in [0.25, 0.3) is 5.57 Å². The molecule has 148 valence electrons. The van der Waals surface area contributed by atoms with Gasteiger partial charge in [-0.3, -0.25) is 4.79 Å². The first-order chi connectivity index (χ1) is 13.5. The molecule has 6 nitrogen and oxygen atoms in total. The van der Waals surface area contributed by atoms with Crippen LogP contribution >= 0.6 is 11.3 Å². The second kappa shape index (κ2) is 8.14. The molecular weight excluding hydrogens is 374 g/mol. The van der Waals surface area contributed by atoms with E-state index >= 15 is 0 Å². The number of aromatic nitrogens is 1. The van der Waals surface area contributed by atoms with Crippen LogP contribution in [-0.4, -0.2) is 52.3 Å². The maximum atomic E-state index is 12.7. The lowest BCUT2D eigenvalue weighted by atomic mass is 9.83. The number of Topliss-reactive ketones (excluding diaryl/α,β-unsaturated/α-hetero) is 1. The summed E-state index contributed by atoms with van der Waals surface area (Å²) >= 11 is 1.18. The van der Waals surface area contributed by atoms with Crippen molar-refractivity contribution in [2.45, 2.75) is 27.7 Å². The molecule has 1 N–H and O–H groups in total. The Morgan fingerprint density at radius 1 is 1.07 bits per heavy atom. The van der Waals surface area contributed by atoms with Crippen molar-refractivity contribution in [1.29, 1.82) is 0 Å². The fraction of sp³-hybridized carbons (Fsp3) is 0.381. The van der Waals surface area contributed by atoms with Gasteiger partial charge in [0, 0.05) is 36.4 Å². The molecule has 1 aromatic heterocycles. The van der Waals surface area contributed by atoms with Crippen LogP contribution in [0.15, 0.2) is 41.2 Å². The molecule has 28 heavy (non-hydrogen) atoms. The van der Waals surface area contributed by atoms with Crippen LogP contribution in [-0.2, 0) is 4.79 Å². The summed E-state index contributed by atoms with van der Waals surface area (Å²) in [5, 5.41) is 23.5. The third kappa shape index (κ3) is 3.30. The molecular formula is C21H25N3O3S. The first kappa shape index (κ1) is 20.1. The van der Waals surface area contributed by atoms with E-state index in [9.17, 15) is 15.0 Å². The molecule has 0 atom stereocenters. The highest BCUT2D eigenvalue weighted by Gasteiger charge is 2.34. The van der Waals surface area contributed by atoms with Crippen LogP contribution in [0.1, 0.15) is 32.6 Å². The van der Waals surface area contributed by atoms with E-state index in [0.717, 1.165) is 31.9 Å². The lowest BCUT2D eigenvalue weighted by Crippen LogP contribution is -2.30. The topological polar surface area (TPSA) is 79.5 Å². The van der Waals surface area contributed by atoms with E-state index in [1.807, 2.05) is 43.1 Å². The number of thiazole rings is 1. The largest absolute Gasteiger partial charge is 0.871 e. The molecule has 0 aromatic carbocycles. The summed E-state index contributed by atoms with van der Waals surface area (Å²) in [6.45, 7) is 11.4. The molecule has 3 rings (SSSR count). The van der Waals surface area contributed by atoms with Crippen molar-refractivity contribution in [3.63, 3.8) is 0 Å². The number of hydrogen-bond donors (Lipinski definition) is 1. The molecule has 0 spiro atoms. The third-order valence-electron chi connectivity index (χ3n) is 5.05. The number of nitrogens with zero attached hydrogens (tertiary/aromatic N) is 3. The van der Waals surface area contributed by atoms with E-state index in [0.29, 0.717) is 10.7 Å². The Morgan fingerprint density at radius 2 is 1.68 bits per heavy atom. The Morgan fingerprint density at radius 3 is 2.18 bits per heavy atom. The van der Waals surface area contributed by atoms with Crippen LogP contribution in [0.3, 0.4) is 0 Å². The van der Waals surface area contributed by atoms with Gasteiger partial charge < -0.3 is 15.1 Å². The summed E-state index contributed by atoms with van der Waals surface area (Å²) in [6.07, 6.45) is 7.47. The summed E-state index contributed by atoms with van der Waals surface area (Å²) in [4.78, 5) is 19.1. The first-order valence-electron chi connectivity index (χ1n) is 9.60. The molecule has 0 amide bonds. The van der Waals surface area contributed by atoms with Crippen LogP contribution in [0.2, 0.25) is 0 Å². The van der Waals surface area contributed by atoms with Crippen molar-refractivity contribution in [2.75, 3.05) is 31.1 Å². The SMILES string of the molecule is CCN(CC)c1nc(O)c(C2=C([O-])C(=C3C=CC(=[N+](CC)CC)C=C3)C2=O)s1. The van der Waals surface area contributed by atoms with Gasteiger partial charge >= 0.3 is 0 Å². The van der Waals surface area contributed by atoms with Gasteiger partial charge in [-0.2, -0.15) is 4.98 Å². The number of allylic oxidation sites excluding steroid dienone is 7. The predicted molar refractivity (Wildman–Crippen MR) is 111 cm³/mol. The van der Waals surface area contributed by atoms with E-state index in [-0.39, 0.29) is 33.4 Å². The lowest BCUT2D eigenvalue weighted by Gasteiger charge is -2.31. The molecule has 0 radical (unpaired) electrons. The second-order valence-electron chi connectivity index (χ2n) is 6.45. The minimum atomic E-state index is -0.328. The molecule has 0 saturated carbocycles. The van der Waals surface area contributed by atoms with E-state index in [2.05, 4.69) is 23.4 Å². The van der Waals surface area contributed by atoms with Gasteiger partial charge in [-0.1, -0.05) is 17.1 Å². The monoisotopic (exact) mass is 399 g/mol. The van der Waals surface area contributed by atoms with Crippen molar-refractivity contribution < 1.29 is 19.6 Å². The minimum Gasteiger partial charge on any atom is -0.871 e. The molecule has 2 aliphatic rings. The predicted octanol–water partition coefficient (Wildman–Crippen LogP) is 2.26. The smallest absolute Gasteiger partial charge is 0.232 e. The number of hydrogen-bond acceptors (Lipinski definition) is 6. The van der Waals surface area contributed by atoms with Gasteiger partial charge in [-0.25, -0.2) is 4.58 Å². The van der Waals surface area contributed by atoms with Gasteiger partial charge in [0.2, 0.25) is 5.88 Å². The van der Waals surface area contributed by atoms with Crippen LogP contribution < -0.4 is 10.0 Å². The average molecular weight is 400 g/mol. The second-order valence-corrected chi connectivity index (χ2v) is 7.43. The summed E-state index contributed by atoms with van der Waals surface area (Å²) in [5.41, 5.74) is 1.89. The lowest BCUT2D eigenvalue weighted by molar-refractivity contribution is -0.519. The maximum Gasteiger partial charge on any atom is 0.232 e. The molecule has 1 heterocycles.